The lowest BCUT2D eigenvalue weighted by atomic mass is 10.2. The zero-order valence-corrected chi connectivity index (χ0v) is 7.85. The molecule has 0 aliphatic carbocycles. The number of β-amino-alcohol motifs (C(OH)–C–C–N with tert-alkyl or cyclic N) is 1. The summed E-state index contributed by atoms with van der Waals surface area (Å²) in [5.74, 6) is -1.47. The molecule has 4 nitrogen and oxygen atoms in total. The predicted molar refractivity (Wildman–Crippen MR) is 51.0 cm³/mol. The van der Waals surface area contributed by atoms with Crippen molar-refractivity contribution in [3.05, 3.63) is 24.0 Å². The third-order valence-electron chi connectivity index (χ3n) is 2.35. The normalized spacial score (nSPS) is 21.1. The summed E-state index contributed by atoms with van der Waals surface area (Å²) in [4.78, 5) is 12.7. The van der Waals surface area contributed by atoms with Gasteiger partial charge in [0.2, 0.25) is 5.91 Å². The van der Waals surface area contributed by atoms with Gasteiger partial charge in [0, 0.05) is 11.8 Å². The SMILES string of the molecule is O=C1CC(O)CN1c1ccc(O)c(F)c1. The zero-order valence-electron chi connectivity index (χ0n) is 7.85. The smallest absolute Gasteiger partial charge is 0.229 e. The summed E-state index contributed by atoms with van der Waals surface area (Å²) < 4.78 is 13.0. The molecule has 0 bridgehead atoms. The van der Waals surface area contributed by atoms with Crippen molar-refractivity contribution in [2.24, 2.45) is 0 Å². The number of hydrogen-bond donors (Lipinski definition) is 2. The molecular weight excluding hydrogens is 201 g/mol. The van der Waals surface area contributed by atoms with Gasteiger partial charge in [-0.05, 0) is 12.1 Å². The Morgan fingerprint density at radius 3 is 2.73 bits per heavy atom. The minimum atomic E-state index is -0.776. The van der Waals surface area contributed by atoms with Gasteiger partial charge in [0.25, 0.3) is 0 Å². The molecule has 1 heterocycles. The lowest BCUT2D eigenvalue weighted by molar-refractivity contribution is -0.117. The molecule has 1 aliphatic rings. The summed E-state index contributed by atoms with van der Waals surface area (Å²) in [6.45, 7) is 0.170. The first kappa shape index (κ1) is 9.92. The van der Waals surface area contributed by atoms with Gasteiger partial charge in [-0.25, -0.2) is 4.39 Å². The minimum Gasteiger partial charge on any atom is -0.505 e. The monoisotopic (exact) mass is 211 g/mol. The highest BCUT2D eigenvalue weighted by molar-refractivity contribution is 5.96. The molecule has 1 aromatic rings. The van der Waals surface area contributed by atoms with Crippen LogP contribution in [0.3, 0.4) is 0 Å². The maximum Gasteiger partial charge on any atom is 0.229 e. The molecule has 5 heteroatoms. The third-order valence-corrected chi connectivity index (χ3v) is 2.35. The molecule has 0 saturated carbocycles. The van der Waals surface area contributed by atoms with Crippen molar-refractivity contribution in [3.8, 4) is 5.75 Å². The first-order valence-electron chi connectivity index (χ1n) is 4.55. The van der Waals surface area contributed by atoms with E-state index < -0.39 is 17.7 Å². The average Bonchev–Trinajstić information content (AvgIpc) is 2.50. The van der Waals surface area contributed by atoms with Gasteiger partial charge in [0.1, 0.15) is 0 Å². The van der Waals surface area contributed by atoms with Crippen molar-refractivity contribution in [2.75, 3.05) is 11.4 Å². The molecule has 15 heavy (non-hydrogen) atoms. The lowest BCUT2D eigenvalue weighted by Crippen LogP contribution is -2.25. The van der Waals surface area contributed by atoms with E-state index in [4.69, 9.17) is 5.11 Å². The van der Waals surface area contributed by atoms with Crippen LogP contribution in [0, 0.1) is 5.82 Å². The van der Waals surface area contributed by atoms with Gasteiger partial charge in [-0.15, -0.1) is 0 Å². The fourth-order valence-electron chi connectivity index (χ4n) is 1.60. The van der Waals surface area contributed by atoms with Crippen molar-refractivity contribution < 1.29 is 19.4 Å². The number of hydrogen-bond acceptors (Lipinski definition) is 3. The van der Waals surface area contributed by atoms with E-state index in [1.165, 1.54) is 17.0 Å². The maximum absolute atomic E-state index is 13.0. The fourth-order valence-corrected chi connectivity index (χ4v) is 1.60. The highest BCUT2D eigenvalue weighted by Crippen LogP contribution is 2.26. The second-order valence-corrected chi connectivity index (χ2v) is 3.50. The van der Waals surface area contributed by atoms with Gasteiger partial charge in [-0.3, -0.25) is 4.79 Å². The number of carbonyl (C=O) groups excluding carboxylic acids is 1. The fraction of sp³-hybridized carbons (Fsp3) is 0.300. The van der Waals surface area contributed by atoms with Crippen molar-refractivity contribution in [3.63, 3.8) is 0 Å². The molecule has 1 amide bonds. The van der Waals surface area contributed by atoms with E-state index in [0.29, 0.717) is 5.69 Å². The summed E-state index contributed by atoms with van der Waals surface area (Å²) in [5, 5.41) is 18.2. The van der Waals surface area contributed by atoms with E-state index in [-0.39, 0.29) is 18.9 Å². The average molecular weight is 211 g/mol. The van der Waals surface area contributed by atoms with Gasteiger partial charge >= 0.3 is 0 Å². The van der Waals surface area contributed by atoms with E-state index in [0.717, 1.165) is 6.07 Å². The molecule has 0 spiro atoms. The maximum atomic E-state index is 13.0. The Hall–Kier alpha value is -1.62. The molecule has 1 aromatic carbocycles. The van der Waals surface area contributed by atoms with Crippen LogP contribution in [0.2, 0.25) is 0 Å². The minimum absolute atomic E-state index is 0.0580. The number of halogens is 1. The summed E-state index contributed by atoms with van der Waals surface area (Å²) in [6.07, 6.45) is -0.642. The summed E-state index contributed by atoms with van der Waals surface area (Å²) >= 11 is 0. The number of rotatable bonds is 1. The van der Waals surface area contributed by atoms with Gasteiger partial charge in [0.05, 0.1) is 19.1 Å². The molecule has 1 fully saturated rings. The summed E-state index contributed by atoms with van der Waals surface area (Å²) in [6, 6.07) is 3.70. The number of amides is 1. The van der Waals surface area contributed by atoms with Crippen LogP contribution in [0.4, 0.5) is 10.1 Å². The van der Waals surface area contributed by atoms with E-state index in [2.05, 4.69) is 0 Å². The molecule has 1 unspecified atom stereocenters. The standard InChI is InChI=1S/C10H10FNO3/c11-8-3-6(1-2-9(8)14)12-5-7(13)4-10(12)15/h1-3,7,13-14H,4-5H2. The number of aromatic hydroxyl groups is 1. The van der Waals surface area contributed by atoms with E-state index in [9.17, 15) is 14.3 Å². The van der Waals surface area contributed by atoms with Crippen molar-refractivity contribution in [1.29, 1.82) is 0 Å². The van der Waals surface area contributed by atoms with Crippen molar-refractivity contribution in [2.45, 2.75) is 12.5 Å². The number of carbonyl (C=O) groups is 1. The quantitative estimate of drug-likeness (QED) is 0.716. The van der Waals surface area contributed by atoms with Gasteiger partial charge in [-0.2, -0.15) is 0 Å². The molecular formula is C10H10FNO3. The molecule has 1 atom stereocenters. The second kappa shape index (κ2) is 3.51. The highest BCUT2D eigenvalue weighted by Gasteiger charge is 2.29. The van der Waals surface area contributed by atoms with Crippen LogP contribution in [-0.2, 0) is 4.79 Å². The first-order valence-corrected chi connectivity index (χ1v) is 4.55. The Labute approximate surface area is 85.6 Å². The zero-order chi connectivity index (χ0) is 11.0. The van der Waals surface area contributed by atoms with E-state index >= 15 is 0 Å². The Bertz CT molecular complexity index is 408. The highest BCUT2D eigenvalue weighted by atomic mass is 19.1. The predicted octanol–water partition coefficient (Wildman–Crippen LogP) is 0.629. The molecule has 80 valence electrons. The van der Waals surface area contributed by atoms with E-state index in [1.54, 1.807) is 0 Å². The largest absolute Gasteiger partial charge is 0.505 e. The van der Waals surface area contributed by atoms with Crippen LogP contribution < -0.4 is 4.90 Å². The van der Waals surface area contributed by atoms with Gasteiger partial charge in [-0.1, -0.05) is 0 Å². The number of nitrogens with zero attached hydrogens (tertiary/aromatic N) is 1. The topological polar surface area (TPSA) is 60.8 Å². The number of benzene rings is 1. The lowest BCUT2D eigenvalue weighted by Gasteiger charge is -2.15. The number of phenols is 1. The Balaban J connectivity index is 2.30. The van der Waals surface area contributed by atoms with Crippen LogP contribution in [0.15, 0.2) is 18.2 Å². The second-order valence-electron chi connectivity index (χ2n) is 3.50. The van der Waals surface area contributed by atoms with Gasteiger partial charge in [0.15, 0.2) is 11.6 Å². The van der Waals surface area contributed by atoms with Crippen molar-refractivity contribution >= 4 is 11.6 Å². The van der Waals surface area contributed by atoms with Crippen LogP contribution in [0.5, 0.6) is 5.75 Å². The molecule has 0 radical (unpaired) electrons. The third kappa shape index (κ3) is 1.78. The Morgan fingerprint density at radius 2 is 2.20 bits per heavy atom. The van der Waals surface area contributed by atoms with Crippen LogP contribution in [0.1, 0.15) is 6.42 Å². The van der Waals surface area contributed by atoms with Crippen molar-refractivity contribution in [1.82, 2.24) is 0 Å². The summed E-state index contributed by atoms with van der Waals surface area (Å²) in [5.41, 5.74) is 0.354. The molecule has 2 rings (SSSR count). The Kier molecular flexibility index (Phi) is 2.32. The van der Waals surface area contributed by atoms with Crippen LogP contribution in [0.25, 0.3) is 0 Å². The molecule has 1 saturated heterocycles. The van der Waals surface area contributed by atoms with Crippen LogP contribution >= 0.6 is 0 Å². The van der Waals surface area contributed by atoms with Gasteiger partial charge < -0.3 is 15.1 Å². The summed E-state index contributed by atoms with van der Waals surface area (Å²) in [7, 11) is 0. The molecule has 1 aliphatic heterocycles. The number of phenolic OH excluding ortho intramolecular Hbond substituents is 1. The number of aliphatic hydroxyl groups is 1. The first-order chi connectivity index (χ1) is 7.08. The number of aliphatic hydroxyl groups excluding tert-OH is 1. The molecule has 2 N–H and O–H groups in total. The van der Waals surface area contributed by atoms with E-state index in [1.807, 2.05) is 0 Å². The Morgan fingerprint density at radius 1 is 1.47 bits per heavy atom. The number of anilines is 1. The molecule has 0 aromatic heterocycles. The van der Waals surface area contributed by atoms with Crippen LogP contribution in [-0.4, -0.2) is 28.8 Å².